The second-order valence-electron chi connectivity index (χ2n) is 6.34. The van der Waals surface area contributed by atoms with Crippen LogP contribution in [0, 0.1) is 12.8 Å². The van der Waals surface area contributed by atoms with Crippen LogP contribution in [0.3, 0.4) is 0 Å². The molecule has 1 N–H and O–H groups in total. The first-order valence-corrected chi connectivity index (χ1v) is 10.1. The van der Waals surface area contributed by atoms with Crippen molar-refractivity contribution in [1.82, 2.24) is 10.2 Å². The summed E-state index contributed by atoms with van der Waals surface area (Å²) in [6.07, 6.45) is -1.86. The largest absolute Gasteiger partial charge is 0.432 e. The molecule has 1 heterocycles. The minimum absolute atomic E-state index is 0.0876. The fourth-order valence-electron chi connectivity index (χ4n) is 2.44. The molecule has 0 unspecified atom stereocenters. The third kappa shape index (κ3) is 6.90. The number of hydrogen-bond acceptors (Lipinski definition) is 6. The van der Waals surface area contributed by atoms with Gasteiger partial charge in [0.25, 0.3) is 0 Å². The number of aromatic nitrogens is 2. The number of rotatable bonds is 8. The van der Waals surface area contributed by atoms with Crippen LogP contribution in [0.25, 0.3) is 0 Å². The van der Waals surface area contributed by atoms with Gasteiger partial charge in [0.2, 0.25) is 0 Å². The normalized spacial score (nSPS) is 12.8. The molecule has 2 rings (SSSR count). The van der Waals surface area contributed by atoms with Gasteiger partial charge in [-0.2, -0.15) is 18.3 Å². The summed E-state index contributed by atoms with van der Waals surface area (Å²) in [5.41, 5.74) is -0.278. The van der Waals surface area contributed by atoms with Gasteiger partial charge in [0, 0.05) is 24.2 Å². The number of hydrazone groups is 1. The highest BCUT2D eigenvalue weighted by Crippen LogP contribution is 2.32. The average Bonchev–Trinajstić information content (AvgIpc) is 3.04. The molecule has 0 spiro atoms. The van der Waals surface area contributed by atoms with Crippen molar-refractivity contribution in [3.8, 4) is 0 Å². The Hall–Kier alpha value is -2.33. The van der Waals surface area contributed by atoms with Crippen LogP contribution in [0.2, 0.25) is 0 Å². The molecule has 156 valence electrons. The lowest BCUT2D eigenvalue weighted by Crippen LogP contribution is -2.27. The van der Waals surface area contributed by atoms with Crippen LogP contribution >= 0.6 is 23.6 Å². The Morgan fingerprint density at radius 1 is 1.41 bits per heavy atom. The molecule has 0 aliphatic carbocycles. The zero-order valence-electron chi connectivity index (χ0n) is 16.3. The third-order valence-corrected chi connectivity index (χ3v) is 4.88. The molecule has 1 atom stereocenters. The number of allylic oxidation sites excluding steroid dienone is 1. The van der Waals surface area contributed by atoms with Crippen molar-refractivity contribution >= 4 is 46.1 Å². The zero-order chi connectivity index (χ0) is 21.6. The Labute approximate surface area is 177 Å². The van der Waals surface area contributed by atoms with Gasteiger partial charge < -0.3 is 5.32 Å². The monoisotopic (exact) mass is 441 g/mol. The quantitative estimate of drug-likeness (QED) is 0.321. The summed E-state index contributed by atoms with van der Waals surface area (Å²) >= 11 is 6.47. The summed E-state index contributed by atoms with van der Waals surface area (Å²) in [6.45, 7) is 8.69. The molecule has 0 radical (unpaired) electrons. The molecule has 0 saturated carbocycles. The lowest BCUT2D eigenvalue weighted by molar-refractivity contribution is -0.0929. The summed E-state index contributed by atoms with van der Waals surface area (Å²) < 4.78 is 40.2. The molecule has 0 saturated heterocycles. The van der Waals surface area contributed by atoms with Crippen molar-refractivity contribution in [2.24, 2.45) is 11.0 Å². The number of benzene rings is 1. The molecular formula is C19H22F3N5S2. The van der Waals surface area contributed by atoms with Gasteiger partial charge in [-0.05, 0) is 38.5 Å². The van der Waals surface area contributed by atoms with Gasteiger partial charge in [0.15, 0.2) is 0 Å². The molecule has 0 bridgehead atoms. The first-order chi connectivity index (χ1) is 13.6. The summed E-state index contributed by atoms with van der Waals surface area (Å²) in [5, 5.41) is 17.6. The highest BCUT2D eigenvalue weighted by Gasteiger charge is 2.37. The number of nitrogens with one attached hydrogen (secondary N) is 1. The second kappa shape index (κ2) is 9.93. The summed E-state index contributed by atoms with van der Waals surface area (Å²) in [6, 6.07) is 6.42. The molecule has 0 fully saturated rings. The van der Waals surface area contributed by atoms with Crippen LogP contribution in [-0.4, -0.2) is 27.6 Å². The van der Waals surface area contributed by atoms with Crippen molar-refractivity contribution in [1.29, 1.82) is 0 Å². The van der Waals surface area contributed by atoms with E-state index in [1.807, 2.05) is 13.8 Å². The molecule has 0 amide bonds. The number of anilines is 2. The Bertz CT molecular complexity index is 892. The predicted octanol–water partition coefficient (Wildman–Crippen LogP) is 5.74. The average molecular weight is 442 g/mol. The van der Waals surface area contributed by atoms with Crippen LogP contribution in [0.15, 0.2) is 41.6 Å². The van der Waals surface area contributed by atoms with Gasteiger partial charge in [0.1, 0.15) is 15.7 Å². The molecule has 0 aliphatic rings. The molecule has 29 heavy (non-hydrogen) atoms. The van der Waals surface area contributed by atoms with Gasteiger partial charge in [-0.15, -0.1) is 21.5 Å². The summed E-state index contributed by atoms with van der Waals surface area (Å²) in [4.78, 5) is 0.505. The Kier molecular flexibility index (Phi) is 7.86. The number of nitrogens with zero attached hydrogens (tertiary/aromatic N) is 4. The maximum Gasteiger partial charge on any atom is 0.432 e. The minimum atomic E-state index is -4.63. The number of thiocarbonyl (C=S) groups is 1. The standard InChI is InChI=1S/C19H22F3N5S2/c1-5-15(9-18-26-25-14(4)29-18)11-23-27(12(2)19(20,21)22)17-8-6-7-16(10-17)24-13(3)28/h6-8,10-11,15H,2,5,9H2,1,3-4H3,(H,24,28)/b23-11+/t15-/m0/s1. The lowest BCUT2D eigenvalue weighted by Gasteiger charge is -2.24. The van der Waals surface area contributed by atoms with E-state index in [0.29, 0.717) is 23.5 Å². The van der Waals surface area contributed by atoms with Crippen LogP contribution in [0.5, 0.6) is 0 Å². The SMILES string of the molecule is C=C(N(/N=C/[C@@H](CC)Cc1nnc(C)s1)c1cccc(NC(C)=S)c1)C(F)(F)F. The van der Waals surface area contributed by atoms with E-state index in [2.05, 4.69) is 27.2 Å². The number of hydrogen-bond donors (Lipinski definition) is 1. The highest BCUT2D eigenvalue weighted by atomic mass is 32.1. The maximum absolute atomic E-state index is 13.4. The first kappa shape index (κ1) is 23.0. The van der Waals surface area contributed by atoms with Crippen molar-refractivity contribution in [2.75, 3.05) is 10.3 Å². The number of halogens is 3. The van der Waals surface area contributed by atoms with Crippen molar-refractivity contribution in [2.45, 2.75) is 39.8 Å². The van der Waals surface area contributed by atoms with E-state index in [-0.39, 0.29) is 11.6 Å². The Morgan fingerprint density at radius 3 is 2.69 bits per heavy atom. The molecule has 1 aromatic heterocycles. The zero-order valence-corrected chi connectivity index (χ0v) is 18.0. The van der Waals surface area contributed by atoms with Crippen molar-refractivity contribution in [3.63, 3.8) is 0 Å². The van der Waals surface area contributed by atoms with Gasteiger partial charge in [-0.3, -0.25) is 0 Å². The van der Waals surface area contributed by atoms with Gasteiger partial charge in [-0.25, -0.2) is 5.01 Å². The van der Waals surface area contributed by atoms with Crippen LogP contribution in [0.4, 0.5) is 24.5 Å². The topological polar surface area (TPSA) is 53.4 Å². The molecule has 0 aliphatic heterocycles. The van der Waals surface area contributed by atoms with E-state index < -0.39 is 11.9 Å². The van der Waals surface area contributed by atoms with Gasteiger partial charge in [0.05, 0.1) is 10.7 Å². The maximum atomic E-state index is 13.4. The third-order valence-electron chi connectivity index (χ3n) is 3.92. The smallest absolute Gasteiger partial charge is 0.350 e. The van der Waals surface area contributed by atoms with E-state index >= 15 is 0 Å². The fourth-order valence-corrected chi connectivity index (χ4v) is 3.36. The van der Waals surface area contributed by atoms with E-state index in [9.17, 15) is 13.2 Å². The van der Waals surface area contributed by atoms with Gasteiger partial charge >= 0.3 is 6.18 Å². The predicted molar refractivity (Wildman–Crippen MR) is 117 cm³/mol. The van der Waals surface area contributed by atoms with E-state index in [4.69, 9.17) is 12.2 Å². The highest BCUT2D eigenvalue weighted by molar-refractivity contribution is 7.80. The molecule has 10 heteroatoms. The van der Waals surface area contributed by atoms with E-state index in [0.717, 1.165) is 15.0 Å². The van der Waals surface area contributed by atoms with Crippen molar-refractivity contribution < 1.29 is 13.2 Å². The Balaban J connectivity index is 2.31. The molecule has 2 aromatic rings. The Morgan fingerprint density at radius 2 is 2.14 bits per heavy atom. The molecular weight excluding hydrogens is 419 g/mol. The lowest BCUT2D eigenvalue weighted by atomic mass is 10.1. The second-order valence-corrected chi connectivity index (χ2v) is 8.22. The van der Waals surface area contributed by atoms with E-state index in [1.165, 1.54) is 23.6 Å². The minimum Gasteiger partial charge on any atom is -0.350 e. The fraction of sp³-hybridized carbons (Fsp3) is 0.368. The van der Waals surface area contributed by atoms with Crippen molar-refractivity contribution in [3.05, 3.63) is 46.6 Å². The van der Waals surface area contributed by atoms with Crippen LogP contribution in [0.1, 0.15) is 30.3 Å². The summed E-state index contributed by atoms with van der Waals surface area (Å²) in [7, 11) is 0. The van der Waals surface area contributed by atoms with E-state index in [1.54, 1.807) is 25.1 Å². The van der Waals surface area contributed by atoms with Crippen LogP contribution in [-0.2, 0) is 6.42 Å². The molecule has 1 aromatic carbocycles. The van der Waals surface area contributed by atoms with Crippen LogP contribution < -0.4 is 10.3 Å². The van der Waals surface area contributed by atoms with Gasteiger partial charge in [-0.1, -0.05) is 31.8 Å². The summed E-state index contributed by atoms with van der Waals surface area (Å²) in [5.74, 6) is -0.0876. The number of aryl methyl sites for hydroxylation is 1. The number of alkyl halides is 3. The first-order valence-electron chi connectivity index (χ1n) is 8.87. The molecule has 5 nitrogen and oxygen atoms in total.